The molecule has 0 bridgehead atoms. The van der Waals surface area contributed by atoms with Gasteiger partial charge in [0.15, 0.2) is 6.10 Å². The highest BCUT2D eigenvalue weighted by Gasteiger charge is 2.16. The molecule has 0 aromatic carbocycles. The summed E-state index contributed by atoms with van der Waals surface area (Å²) in [6.07, 6.45) is -0.597. The molecule has 0 aromatic rings. The first-order chi connectivity index (χ1) is 5.26. The standard InChI is InChI=1S/C7H15NO3/c1-3-10-6(5-8)7(9)11-4-2/h6H,3-5,8H2,1-2H3. The maximum Gasteiger partial charge on any atom is 0.336 e. The van der Waals surface area contributed by atoms with Crippen molar-refractivity contribution >= 4 is 5.97 Å². The third kappa shape index (κ3) is 3.95. The second-order valence-corrected chi connectivity index (χ2v) is 1.93. The fourth-order valence-electron chi connectivity index (χ4n) is 0.669. The Kier molecular flexibility index (Phi) is 5.78. The minimum Gasteiger partial charge on any atom is -0.464 e. The quantitative estimate of drug-likeness (QED) is 0.572. The van der Waals surface area contributed by atoms with E-state index in [1.807, 2.05) is 6.92 Å². The van der Waals surface area contributed by atoms with Crippen LogP contribution >= 0.6 is 0 Å². The topological polar surface area (TPSA) is 61.5 Å². The van der Waals surface area contributed by atoms with Crippen LogP contribution in [-0.4, -0.2) is 31.8 Å². The Labute approximate surface area is 66.7 Å². The highest BCUT2D eigenvalue weighted by atomic mass is 16.6. The number of hydrogen-bond acceptors (Lipinski definition) is 4. The van der Waals surface area contributed by atoms with Gasteiger partial charge in [0.2, 0.25) is 0 Å². The van der Waals surface area contributed by atoms with Gasteiger partial charge in [0, 0.05) is 13.2 Å². The van der Waals surface area contributed by atoms with Crippen molar-refractivity contribution in [2.45, 2.75) is 20.0 Å². The van der Waals surface area contributed by atoms with Crippen LogP contribution in [0.3, 0.4) is 0 Å². The third-order valence-corrected chi connectivity index (χ3v) is 1.13. The molecule has 0 rings (SSSR count). The highest BCUT2D eigenvalue weighted by molar-refractivity contribution is 5.74. The average molecular weight is 161 g/mol. The van der Waals surface area contributed by atoms with E-state index in [4.69, 9.17) is 15.2 Å². The van der Waals surface area contributed by atoms with Crippen LogP contribution < -0.4 is 5.73 Å². The van der Waals surface area contributed by atoms with Crippen LogP contribution in [0.15, 0.2) is 0 Å². The summed E-state index contributed by atoms with van der Waals surface area (Å²) in [6, 6.07) is 0. The fraction of sp³-hybridized carbons (Fsp3) is 0.857. The van der Waals surface area contributed by atoms with Crippen molar-refractivity contribution in [2.75, 3.05) is 19.8 Å². The Bertz CT molecular complexity index is 116. The van der Waals surface area contributed by atoms with Gasteiger partial charge < -0.3 is 15.2 Å². The van der Waals surface area contributed by atoms with Crippen LogP contribution in [0.1, 0.15) is 13.8 Å². The Morgan fingerprint density at radius 3 is 2.45 bits per heavy atom. The van der Waals surface area contributed by atoms with Gasteiger partial charge in [0.1, 0.15) is 0 Å². The van der Waals surface area contributed by atoms with Crippen LogP contribution in [0.2, 0.25) is 0 Å². The first kappa shape index (κ1) is 10.4. The van der Waals surface area contributed by atoms with Gasteiger partial charge >= 0.3 is 5.97 Å². The lowest BCUT2D eigenvalue weighted by Crippen LogP contribution is -2.33. The minimum absolute atomic E-state index is 0.173. The van der Waals surface area contributed by atoms with Crippen LogP contribution in [0.5, 0.6) is 0 Å². The molecule has 1 unspecified atom stereocenters. The summed E-state index contributed by atoms with van der Waals surface area (Å²) in [5, 5.41) is 0. The summed E-state index contributed by atoms with van der Waals surface area (Å²) in [7, 11) is 0. The highest BCUT2D eigenvalue weighted by Crippen LogP contribution is 1.93. The minimum atomic E-state index is -0.597. The molecule has 0 aliphatic heterocycles. The van der Waals surface area contributed by atoms with Gasteiger partial charge in [-0.25, -0.2) is 4.79 Å². The van der Waals surface area contributed by atoms with Crippen molar-refractivity contribution < 1.29 is 14.3 Å². The SMILES string of the molecule is CCOC(=O)C(CN)OCC. The Morgan fingerprint density at radius 1 is 1.45 bits per heavy atom. The molecule has 0 radical (unpaired) electrons. The van der Waals surface area contributed by atoms with Gasteiger partial charge in [-0.3, -0.25) is 0 Å². The lowest BCUT2D eigenvalue weighted by molar-refractivity contribution is -0.155. The van der Waals surface area contributed by atoms with Crippen LogP contribution in [0.4, 0.5) is 0 Å². The summed E-state index contributed by atoms with van der Waals surface area (Å²) in [5.74, 6) is -0.378. The van der Waals surface area contributed by atoms with Crippen LogP contribution in [0, 0.1) is 0 Å². The van der Waals surface area contributed by atoms with E-state index < -0.39 is 6.10 Å². The Balaban J connectivity index is 3.71. The predicted octanol–water partition coefficient (Wildman–Crippen LogP) is -0.0867. The number of ether oxygens (including phenoxy) is 2. The van der Waals surface area contributed by atoms with Crippen molar-refractivity contribution in [3.8, 4) is 0 Å². The molecule has 0 saturated carbocycles. The van der Waals surface area contributed by atoms with Crippen molar-refractivity contribution in [1.82, 2.24) is 0 Å². The van der Waals surface area contributed by atoms with Gasteiger partial charge in [-0.2, -0.15) is 0 Å². The average Bonchev–Trinajstić information content (AvgIpc) is 2.00. The third-order valence-electron chi connectivity index (χ3n) is 1.13. The molecule has 0 fully saturated rings. The van der Waals surface area contributed by atoms with E-state index >= 15 is 0 Å². The molecule has 0 aliphatic rings. The monoisotopic (exact) mass is 161 g/mol. The largest absolute Gasteiger partial charge is 0.464 e. The fourth-order valence-corrected chi connectivity index (χ4v) is 0.669. The number of nitrogens with two attached hydrogens (primary N) is 1. The molecule has 66 valence electrons. The second-order valence-electron chi connectivity index (χ2n) is 1.93. The summed E-state index contributed by atoms with van der Waals surface area (Å²) < 4.78 is 9.71. The number of carbonyl (C=O) groups excluding carboxylic acids is 1. The number of rotatable bonds is 5. The second kappa shape index (κ2) is 6.12. The molecular formula is C7H15NO3. The number of hydrogen-bond donors (Lipinski definition) is 1. The first-order valence-corrected chi connectivity index (χ1v) is 3.74. The molecule has 11 heavy (non-hydrogen) atoms. The van der Waals surface area contributed by atoms with E-state index in [0.717, 1.165) is 0 Å². The maximum atomic E-state index is 10.9. The van der Waals surface area contributed by atoms with Crippen LogP contribution in [0.25, 0.3) is 0 Å². The molecule has 4 nitrogen and oxygen atoms in total. The zero-order valence-corrected chi connectivity index (χ0v) is 7.00. The summed E-state index contributed by atoms with van der Waals surface area (Å²) in [4.78, 5) is 10.9. The van der Waals surface area contributed by atoms with E-state index in [9.17, 15) is 4.79 Å². The van der Waals surface area contributed by atoms with Crippen LogP contribution in [-0.2, 0) is 14.3 Å². The predicted molar refractivity (Wildman–Crippen MR) is 41.1 cm³/mol. The van der Waals surface area contributed by atoms with Gasteiger partial charge in [0.25, 0.3) is 0 Å². The Hall–Kier alpha value is -0.610. The maximum absolute atomic E-state index is 10.9. The molecule has 0 aromatic heterocycles. The van der Waals surface area contributed by atoms with Crippen molar-refractivity contribution in [3.63, 3.8) is 0 Å². The molecule has 0 spiro atoms. The zero-order chi connectivity index (χ0) is 8.69. The summed E-state index contributed by atoms with van der Waals surface area (Å²) in [6.45, 7) is 4.56. The molecule has 4 heteroatoms. The summed E-state index contributed by atoms with van der Waals surface area (Å²) in [5.41, 5.74) is 5.26. The van der Waals surface area contributed by atoms with E-state index in [0.29, 0.717) is 13.2 Å². The molecule has 2 N–H and O–H groups in total. The molecular weight excluding hydrogens is 146 g/mol. The summed E-state index contributed by atoms with van der Waals surface area (Å²) >= 11 is 0. The van der Waals surface area contributed by atoms with E-state index in [-0.39, 0.29) is 12.5 Å². The zero-order valence-electron chi connectivity index (χ0n) is 7.00. The molecule has 0 amide bonds. The smallest absolute Gasteiger partial charge is 0.336 e. The van der Waals surface area contributed by atoms with Crippen molar-refractivity contribution in [3.05, 3.63) is 0 Å². The van der Waals surface area contributed by atoms with E-state index in [2.05, 4.69) is 0 Å². The molecule has 0 saturated heterocycles. The van der Waals surface area contributed by atoms with Crippen molar-refractivity contribution in [2.24, 2.45) is 5.73 Å². The van der Waals surface area contributed by atoms with Gasteiger partial charge in [0.05, 0.1) is 6.61 Å². The Morgan fingerprint density at radius 2 is 2.09 bits per heavy atom. The lowest BCUT2D eigenvalue weighted by atomic mass is 10.3. The van der Waals surface area contributed by atoms with Gasteiger partial charge in [-0.1, -0.05) is 0 Å². The number of esters is 1. The van der Waals surface area contributed by atoms with E-state index in [1.165, 1.54) is 0 Å². The number of carbonyl (C=O) groups is 1. The normalized spacial score (nSPS) is 12.6. The van der Waals surface area contributed by atoms with Gasteiger partial charge in [-0.05, 0) is 13.8 Å². The van der Waals surface area contributed by atoms with Crippen molar-refractivity contribution in [1.29, 1.82) is 0 Å². The first-order valence-electron chi connectivity index (χ1n) is 3.74. The molecule has 0 aliphatic carbocycles. The van der Waals surface area contributed by atoms with E-state index in [1.54, 1.807) is 6.92 Å². The lowest BCUT2D eigenvalue weighted by Gasteiger charge is -2.12. The molecule has 0 heterocycles. The van der Waals surface area contributed by atoms with Gasteiger partial charge in [-0.15, -0.1) is 0 Å². The molecule has 1 atom stereocenters.